The van der Waals surface area contributed by atoms with Gasteiger partial charge in [0.05, 0.1) is 18.5 Å². The Bertz CT molecular complexity index is 830. The maximum Gasteiger partial charge on any atom is 0.227 e. The third-order valence-corrected chi connectivity index (χ3v) is 5.62. The summed E-state index contributed by atoms with van der Waals surface area (Å²) < 4.78 is 6.30. The van der Waals surface area contributed by atoms with Crippen LogP contribution in [0.4, 0.5) is 17.1 Å². The summed E-state index contributed by atoms with van der Waals surface area (Å²) in [6.45, 7) is 4.01. The molecule has 1 fully saturated rings. The molecule has 0 saturated heterocycles. The van der Waals surface area contributed by atoms with Gasteiger partial charge in [0.15, 0.2) is 0 Å². The molecule has 1 amide bonds. The van der Waals surface area contributed by atoms with E-state index in [1.807, 2.05) is 44.2 Å². The summed E-state index contributed by atoms with van der Waals surface area (Å²) in [6, 6.07) is 9.92. The lowest BCUT2D eigenvalue weighted by molar-refractivity contribution is -0.119. The Labute approximate surface area is 168 Å². The fraction of sp³-hybridized carbons (Fsp3) is 0.381. The number of nitrogens with two attached hydrogens (primary N) is 1. The second-order valence-corrected chi connectivity index (χ2v) is 8.13. The first-order valence-electron chi connectivity index (χ1n) is 9.15. The topological polar surface area (TPSA) is 76.4 Å². The third kappa shape index (κ3) is 4.56. The lowest BCUT2D eigenvalue weighted by Gasteiger charge is -2.19. The summed E-state index contributed by atoms with van der Waals surface area (Å²) in [5, 5.41) is 6.56. The summed E-state index contributed by atoms with van der Waals surface area (Å²) >= 11 is 3.46. The molecule has 0 aliphatic heterocycles. The van der Waals surface area contributed by atoms with Gasteiger partial charge in [0, 0.05) is 28.2 Å². The van der Waals surface area contributed by atoms with Gasteiger partial charge < -0.3 is 21.1 Å². The lowest BCUT2D eigenvalue weighted by Crippen LogP contribution is -2.23. The number of amides is 1. The monoisotopic (exact) mass is 431 g/mol. The number of methoxy groups -OCH3 is 1. The average Bonchev–Trinajstić information content (AvgIpc) is 3.08. The summed E-state index contributed by atoms with van der Waals surface area (Å²) in [5.41, 5.74) is 10.8. The van der Waals surface area contributed by atoms with Gasteiger partial charge in [-0.05, 0) is 62.4 Å². The van der Waals surface area contributed by atoms with E-state index in [0.717, 1.165) is 57.7 Å². The largest absolute Gasteiger partial charge is 0.496 e. The second kappa shape index (κ2) is 8.21. The number of carbonyl (C=O) groups excluding carboxylic acids is 1. The first-order valence-corrected chi connectivity index (χ1v) is 9.94. The van der Waals surface area contributed by atoms with E-state index in [0.29, 0.717) is 0 Å². The number of hydrogen-bond acceptors (Lipinski definition) is 4. The lowest BCUT2D eigenvalue weighted by atomic mass is 10.1. The van der Waals surface area contributed by atoms with Gasteiger partial charge in [-0.3, -0.25) is 4.79 Å². The highest BCUT2D eigenvalue weighted by Crippen LogP contribution is 2.34. The van der Waals surface area contributed by atoms with Crippen LogP contribution in [0, 0.1) is 19.8 Å². The minimum atomic E-state index is -0.00761. The maximum atomic E-state index is 12.7. The summed E-state index contributed by atoms with van der Waals surface area (Å²) in [6.07, 6.45) is 2.61. The molecule has 0 spiro atoms. The number of benzene rings is 2. The van der Waals surface area contributed by atoms with Gasteiger partial charge in [0.25, 0.3) is 0 Å². The molecule has 1 aliphatic carbocycles. The van der Waals surface area contributed by atoms with Crippen LogP contribution in [-0.4, -0.2) is 19.1 Å². The standard InChI is InChI=1S/C21H26BrN3O2/c1-12-4-6-17(11-19(12)27-3)25-21(26)14-5-7-16(9-14)24-20-13(2)8-15(22)10-18(20)23/h4,6,8,10-11,14,16,24H,5,7,9,23H2,1-3H3,(H,25,26)/t14-,16-/m1/s1. The Morgan fingerprint density at radius 1 is 1.19 bits per heavy atom. The molecule has 6 heteroatoms. The van der Waals surface area contributed by atoms with E-state index in [1.54, 1.807) is 7.11 Å². The number of rotatable bonds is 5. The Hall–Kier alpha value is -2.21. The van der Waals surface area contributed by atoms with Gasteiger partial charge in [-0.2, -0.15) is 0 Å². The second-order valence-electron chi connectivity index (χ2n) is 7.21. The normalized spacial score (nSPS) is 19.0. The number of anilines is 3. The molecule has 2 aromatic carbocycles. The minimum absolute atomic E-state index is 0.00761. The summed E-state index contributed by atoms with van der Waals surface area (Å²) in [7, 11) is 1.64. The van der Waals surface area contributed by atoms with Crippen molar-refractivity contribution in [3.05, 3.63) is 45.9 Å². The number of nitrogen functional groups attached to an aromatic ring is 1. The van der Waals surface area contributed by atoms with Crippen molar-refractivity contribution in [2.24, 2.45) is 5.92 Å². The predicted molar refractivity (Wildman–Crippen MR) is 114 cm³/mol. The first-order chi connectivity index (χ1) is 12.9. The maximum absolute atomic E-state index is 12.7. The van der Waals surface area contributed by atoms with E-state index in [9.17, 15) is 4.79 Å². The molecule has 0 aromatic heterocycles. The van der Waals surface area contributed by atoms with Crippen molar-refractivity contribution in [3.8, 4) is 5.75 Å². The molecule has 4 N–H and O–H groups in total. The smallest absolute Gasteiger partial charge is 0.227 e. The SMILES string of the molecule is COc1cc(NC(=O)[C@@H]2CC[C@@H](Nc3c(C)cc(Br)cc3N)C2)ccc1C. The molecule has 0 unspecified atom stereocenters. The van der Waals surface area contributed by atoms with Crippen LogP contribution in [0.1, 0.15) is 30.4 Å². The van der Waals surface area contributed by atoms with Gasteiger partial charge in [-0.25, -0.2) is 0 Å². The third-order valence-electron chi connectivity index (χ3n) is 5.16. The van der Waals surface area contributed by atoms with Crippen molar-refractivity contribution in [1.29, 1.82) is 0 Å². The molecule has 2 atom stereocenters. The number of ether oxygens (including phenoxy) is 1. The van der Waals surface area contributed by atoms with E-state index in [4.69, 9.17) is 10.5 Å². The highest BCUT2D eigenvalue weighted by Gasteiger charge is 2.30. The number of carbonyl (C=O) groups is 1. The van der Waals surface area contributed by atoms with E-state index in [-0.39, 0.29) is 17.9 Å². The van der Waals surface area contributed by atoms with Crippen molar-refractivity contribution in [1.82, 2.24) is 0 Å². The molecule has 2 aromatic rings. The van der Waals surface area contributed by atoms with Crippen LogP contribution in [0.3, 0.4) is 0 Å². The van der Waals surface area contributed by atoms with Crippen molar-refractivity contribution < 1.29 is 9.53 Å². The molecule has 1 saturated carbocycles. The Kier molecular flexibility index (Phi) is 5.95. The van der Waals surface area contributed by atoms with Crippen LogP contribution >= 0.6 is 15.9 Å². The zero-order valence-electron chi connectivity index (χ0n) is 15.9. The Morgan fingerprint density at radius 2 is 1.96 bits per heavy atom. The Balaban J connectivity index is 1.62. The number of halogens is 1. The molecule has 3 rings (SSSR count). The average molecular weight is 432 g/mol. The molecule has 1 aliphatic rings. The van der Waals surface area contributed by atoms with E-state index in [2.05, 4.69) is 26.6 Å². The molecular weight excluding hydrogens is 406 g/mol. The van der Waals surface area contributed by atoms with Crippen LogP contribution in [0.25, 0.3) is 0 Å². The molecule has 0 bridgehead atoms. The summed E-state index contributed by atoms with van der Waals surface area (Å²) in [4.78, 5) is 12.7. The van der Waals surface area contributed by atoms with Crippen molar-refractivity contribution >= 4 is 38.9 Å². The van der Waals surface area contributed by atoms with Crippen LogP contribution in [0.5, 0.6) is 5.75 Å². The predicted octanol–water partition coefficient (Wildman–Crippen LogP) is 4.88. The Morgan fingerprint density at radius 3 is 2.67 bits per heavy atom. The van der Waals surface area contributed by atoms with E-state index >= 15 is 0 Å². The van der Waals surface area contributed by atoms with Gasteiger partial charge in [0.2, 0.25) is 5.91 Å². The molecule has 144 valence electrons. The van der Waals surface area contributed by atoms with Crippen molar-refractivity contribution in [2.45, 2.75) is 39.2 Å². The zero-order valence-corrected chi connectivity index (χ0v) is 17.5. The first kappa shape index (κ1) is 19.5. The molecule has 5 nitrogen and oxygen atoms in total. The van der Waals surface area contributed by atoms with Gasteiger partial charge in [-0.15, -0.1) is 0 Å². The highest BCUT2D eigenvalue weighted by molar-refractivity contribution is 9.10. The number of nitrogens with one attached hydrogen (secondary N) is 2. The van der Waals surface area contributed by atoms with Crippen LogP contribution in [0.15, 0.2) is 34.8 Å². The van der Waals surface area contributed by atoms with Gasteiger partial charge in [0.1, 0.15) is 5.75 Å². The number of aryl methyl sites for hydroxylation is 2. The van der Waals surface area contributed by atoms with Crippen molar-refractivity contribution in [2.75, 3.05) is 23.5 Å². The van der Waals surface area contributed by atoms with Crippen LogP contribution in [0.2, 0.25) is 0 Å². The van der Waals surface area contributed by atoms with Gasteiger partial charge >= 0.3 is 0 Å². The molecule has 0 radical (unpaired) electrons. The van der Waals surface area contributed by atoms with Crippen LogP contribution in [-0.2, 0) is 4.79 Å². The minimum Gasteiger partial charge on any atom is -0.496 e. The van der Waals surface area contributed by atoms with Crippen LogP contribution < -0.4 is 21.1 Å². The highest BCUT2D eigenvalue weighted by atomic mass is 79.9. The molecule has 27 heavy (non-hydrogen) atoms. The van der Waals surface area contributed by atoms with E-state index in [1.165, 1.54) is 0 Å². The summed E-state index contributed by atoms with van der Waals surface area (Å²) in [5.74, 6) is 0.831. The molecule has 0 heterocycles. The fourth-order valence-electron chi connectivity index (χ4n) is 3.66. The van der Waals surface area contributed by atoms with E-state index < -0.39 is 0 Å². The quantitative estimate of drug-likeness (QED) is 0.589. The van der Waals surface area contributed by atoms with Gasteiger partial charge in [-0.1, -0.05) is 22.0 Å². The number of hydrogen-bond donors (Lipinski definition) is 3. The molecular formula is C21H26BrN3O2. The van der Waals surface area contributed by atoms with Crippen molar-refractivity contribution in [3.63, 3.8) is 0 Å². The fourth-order valence-corrected chi connectivity index (χ4v) is 4.25. The zero-order chi connectivity index (χ0) is 19.6.